The third-order valence-corrected chi connectivity index (χ3v) is 1.52. The van der Waals surface area contributed by atoms with E-state index in [0.717, 1.165) is 5.69 Å². The van der Waals surface area contributed by atoms with Crippen molar-refractivity contribution in [2.24, 2.45) is 0 Å². The fourth-order valence-corrected chi connectivity index (χ4v) is 0.962. The first-order valence-corrected chi connectivity index (χ1v) is 3.47. The molecule has 1 rings (SSSR count). The molecular formula is C7H10F2N2. The van der Waals surface area contributed by atoms with E-state index in [1.807, 2.05) is 6.92 Å². The molecule has 0 aliphatic heterocycles. The lowest BCUT2D eigenvalue weighted by Crippen LogP contribution is -1.99. The summed E-state index contributed by atoms with van der Waals surface area (Å²) >= 11 is 0. The maximum absolute atomic E-state index is 12.0. The molecule has 0 radical (unpaired) electrons. The molecule has 62 valence electrons. The highest BCUT2D eigenvalue weighted by atomic mass is 19.3. The first kappa shape index (κ1) is 8.17. The Morgan fingerprint density at radius 2 is 2.27 bits per heavy atom. The van der Waals surface area contributed by atoms with E-state index in [1.165, 1.54) is 6.07 Å². The van der Waals surface area contributed by atoms with Crippen LogP contribution in [0.1, 0.15) is 24.7 Å². The van der Waals surface area contributed by atoms with Crippen LogP contribution in [0.15, 0.2) is 6.07 Å². The largest absolute Gasteiger partial charge is 0.282 e. The van der Waals surface area contributed by atoms with Gasteiger partial charge in [-0.3, -0.25) is 4.68 Å². The minimum Gasteiger partial charge on any atom is -0.270 e. The molecule has 0 spiro atoms. The fourth-order valence-electron chi connectivity index (χ4n) is 0.962. The molecule has 0 saturated heterocycles. The summed E-state index contributed by atoms with van der Waals surface area (Å²) in [5.74, 6) is 0. The van der Waals surface area contributed by atoms with Gasteiger partial charge in [-0.25, -0.2) is 8.78 Å². The molecule has 1 heterocycles. The molecule has 0 bridgehead atoms. The van der Waals surface area contributed by atoms with Gasteiger partial charge in [0.25, 0.3) is 6.43 Å². The van der Waals surface area contributed by atoms with Crippen molar-refractivity contribution in [1.82, 2.24) is 9.78 Å². The van der Waals surface area contributed by atoms with Crippen LogP contribution in [0, 0.1) is 6.92 Å². The summed E-state index contributed by atoms with van der Waals surface area (Å²) in [5.41, 5.74) is 0.646. The highest BCUT2D eigenvalue weighted by Crippen LogP contribution is 2.17. The lowest BCUT2D eigenvalue weighted by atomic mass is 10.4. The first-order chi connectivity index (χ1) is 5.15. The highest BCUT2D eigenvalue weighted by molar-refractivity contribution is 5.09. The van der Waals surface area contributed by atoms with Crippen LogP contribution in [-0.2, 0) is 6.54 Å². The molecular weight excluding hydrogens is 150 g/mol. The monoisotopic (exact) mass is 160 g/mol. The zero-order valence-electron chi connectivity index (χ0n) is 6.51. The third-order valence-electron chi connectivity index (χ3n) is 1.52. The van der Waals surface area contributed by atoms with Gasteiger partial charge in [0.05, 0.1) is 0 Å². The van der Waals surface area contributed by atoms with Crippen LogP contribution in [0.25, 0.3) is 0 Å². The van der Waals surface area contributed by atoms with E-state index in [-0.39, 0.29) is 5.69 Å². The maximum Gasteiger partial charge on any atom is 0.282 e. The predicted molar refractivity (Wildman–Crippen MR) is 37.6 cm³/mol. The van der Waals surface area contributed by atoms with Crippen LogP contribution in [0.4, 0.5) is 8.78 Å². The van der Waals surface area contributed by atoms with Gasteiger partial charge in [-0.15, -0.1) is 0 Å². The van der Waals surface area contributed by atoms with Gasteiger partial charge in [-0.05, 0) is 19.9 Å². The van der Waals surface area contributed by atoms with Gasteiger partial charge in [-0.1, -0.05) is 0 Å². The Morgan fingerprint density at radius 3 is 2.55 bits per heavy atom. The van der Waals surface area contributed by atoms with Crippen molar-refractivity contribution < 1.29 is 8.78 Å². The van der Waals surface area contributed by atoms with Gasteiger partial charge in [0.15, 0.2) is 0 Å². The Kier molecular flexibility index (Phi) is 2.22. The molecule has 0 saturated carbocycles. The second-order valence-electron chi connectivity index (χ2n) is 2.33. The molecule has 0 aliphatic carbocycles. The van der Waals surface area contributed by atoms with E-state index in [1.54, 1.807) is 11.6 Å². The standard InChI is InChI=1S/C7H10F2N2/c1-3-11-5(2)4-6(10-11)7(8)9/h4,7H,3H2,1-2H3. The molecule has 0 aliphatic rings. The highest BCUT2D eigenvalue weighted by Gasteiger charge is 2.11. The summed E-state index contributed by atoms with van der Waals surface area (Å²) in [7, 11) is 0. The summed E-state index contributed by atoms with van der Waals surface area (Å²) in [6.45, 7) is 4.27. The van der Waals surface area contributed by atoms with E-state index in [2.05, 4.69) is 5.10 Å². The number of halogens is 2. The number of nitrogens with zero attached hydrogens (tertiary/aromatic N) is 2. The van der Waals surface area contributed by atoms with E-state index < -0.39 is 6.43 Å². The summed E-state index contributed by atoms with van der Waals surface area (Å²) in [6.07, 6.45) is -2.46. The Labute approximate surface area is 63.8 Å². The molecule has 4 heteroatoms. The topological polar surface area (TPSA) is 17.8 Å². The van der Waals surface area contributed by atoms with Crippen molar-refractivity contribution in [2.45, 2.75) is 26.8 Å². The lowest BCUT2D eigenvalue weighted by Gasteiger charge is -1.96. The quantitative estimate of drug-likeness (QED) is 0.648. The Hall–Kier alpha value is -0.930. The molecule has 11 heavy (non-hydrogen) atoms. The minimum absolute atomic E-state index is 0.135. The lowest BCUT2D eigenvalue weighted by molar-refractivity contribution is 0.145. The second-order valence-corrected chi connectivity index (χ2v) is 2.33. The number of hydrogen-bond donors (Lipinski definition) is 0. The van der Waals surface area contributed by atoms with Crippen molar-refractivity contribution in [3.05, 3.63) is 17.5 Å². The molecule has 1 aromatic rings. The zero-order valence-corrected chi connectivity index (χ0v) is 6.51. The predicted octanol–water partition coefficient (Wildman–Crippen LogP) is 2.15. The van der Waals surface area contributed by atoms with Gasteiger partial charge in [0.2, 0.25) is 0 Å². The van der Waals surface area contributed by atoms with Crippen LogP contribution < -0.4 is 0 Å². The van der Waals surface area contributed by atoms with Gasteiger partial charge < -0.3 is 0 Å². The molecule has 0 aromatic carbocycles. The van der Waals surface area contributed by atoms with E-state index in [0.29, 0.717) is 6.54 Å². The number of rotatable bonds is 2. The van der Waals surface area contributed by atoms with Gasteiger partial charge >= 0.3 is 0 Å². The molecule has 0 atom stereocenters. The van der Waals surface area contributed by atoms with Crippen LogP contribution in [0.5, 0.6) is 0 Å². The third kappa shape index (κ3) is 1.56. The van der Waals surface area contributed by atoms with Crippen molar-refractivity contribution in [2.75, 3.05) is 0 Å². The molecule has 1 aromatic heterocycles. The summed E-state index contributed by atoms with van der Waals surface area (Å²) < 4.78 is 25.6. The van der Waals surface area contributed by atoms with Crippen LogP contribution in [0.3, 0.4) is 0 Å². The summed E-state index contributed by atoms with van der Waals surface area (Å²) in [5, 5.41) is 3.69. The smallest absolute Gasteiger partial charge is 0.270 e. The summed E-state index contributed by atoms with van der Waals surface area (Å²) in [4.78, 5) is 0. The zero-order chi connectivity index (χ0) is 8.43. The average Bonchev–Trinajstić information content (AvgIpc) is 2.31. The van der Waals surface area contributed by atoms with Crippen molar-refractivity contribution >= 4 is 0 Å². The minimum atomic E-state index is -2.46. The van der Waals surface area contributed by atoms with Gasteiger partial charge in [0, 0.05) is 12.2 Å². The van der Waals surface area contributed by atoms with Gasteiger partial charge in [0.1, 0.15) is 5.69 Å². The van der Waals surface area contributed by atoms with Crippen molar-refractivity contribution in [1.29, 1.82) is 0 Å². The Morgan fingerprint density at radius 1 is 1.64 bits per heavy atom. The van der Waals surface area contributed by atoms with Crippen LogP contribution in [-0.4, -0.2) is 9.78 Å². The van der Waals surface area contributed by atoms with Crippen molar-refractivity contribution in [3.8, 4) is 0 Å². The molecule has 0 amide bonds. The Balaban J connectivity index is 2.95. The summed E-state index contributed by atoms with van der Waals surface area (Å²) in [6, 6.07) is 1.41. The Bertz CT molecular complexity index is 243. The molecule has 0 unspecified atom stereocenters. The molecule has 0 fully saturated rings. The van der Waals surface area contributed by atoms with Crippen LogP contribution in [0.2, 0.25) is 0 Å². The number of aromatic nitrogens is 2. The van der Waals surface area contributed by atoms with Crippen LogP contribution >= 0.6 is 0 Å². The van der Waals surface area contributed by atoms with Gasteiger partial charge in [-0.2, -0.15) is 5.10 Å². The average molecular weight is 160 g/mol. The number of aryl methyl sites for hydroxylation is 2. The van der Waals surface area contributed by atoms with E-state index in [4.69, 9.17) is 0 Å². The molecule has 0 N–H and O–H groups in total. The fraction of sp³-hybridized carbons (Fsp3) is 0.571. The van der Waals surface area contributed by atoms with E-state index >= 15 is 0 Å². The second kappa shape index (κ2) is 2.98. The molecule has 2 nitrogen and oxygen atoms in total. The number of alkyl halides is 2. The van der Waals surface area contributed by atoms with E-state index in [9.17, 15) is 8.78 Å². The maximum atomic E-state index is 12.0. The SMILES string of the molecule is CCn1nc(C(F)F)cc1C. The van der Waals surface area contributed by atoms with Crippen molar-refractivity contribution in [3.63, 3.8) is 0 Å². The number of hydrogen-bond acceptors (Lipinski definition) is 1. The first-order valence-electron chi connectivity index (χ1n) is 3.47. The normalized spacial score (nSPS) is 11.0.